The summed E-state index contributed by atoms with van der Waals surface area (Å²) in [6.45, 7) is 3.67. The van der Waals surface area contributed by atoms with Gasteiger partial charge in [-0.15, -0.1) is 11.8 Å². The van der Waals surface area contributed by atoms with Crippen molar-refractivity contribution in [2.45, 2.75) is 19.2 Å². The summed E-state index contributed by atoms with van der Waals surface area (Å²) in [6, 6.07) is 19.6. The molecule has 0 aromatic heterocycles. The first-order valence-electron chi connectivity index (χ1n) is 9.60. The molecule has 30 heavy (non-hydrogen) atoms. The number of amides is 2. The topological polar surface area (TPSA) is 49.4 Å². The van der Waals surface area contributed by atoms with Gasteiger partial charge in [-0.1, -0.05) is 35.9 Å². The smallest absolute Gasteiger partial charge is 0.255 e. The number of nitrogens with one attached hydrogen (secondary N) is 1. The second kappa shape index (κ2) is 8.32. The third kappa shape index (κ3) is 4.09. The minimum Gasteiger partial charge on any atom is -0.322 e. The standard InChI is InChI=1S/C24H21FN2O2S/c1-15-3-6-17(7-4-15)23(29)26-19-10-8-18(9-11-19)24-27(22(28)14-30-24)20-12-5-16(2)21(25)13-20/h3-13,24H,14H2,1-2H3,(H,26,29). The fourth-order valence-electron chi connectivity index (χ4n) is 3.32. The van der Waals surface area contributed by atoms with Crippen molar-refractivity contribution in [3.8, 4) is 0 Å². The molecular weight excluding hydrogens is 399 g/mol. The maximum Gasteiger partial charge on any atom is 0.255 e. The van der Waals surface area contributed by atoms with Crippen LogP contribution in [0, 0.1) is 19.7 Å². The Hall–Kier alpha value is -3.12. The van der Waals surface area contributed by atoms with Gasteiger partial charge in [-0.05, 0) is 61.4 Å². The lowest BCUT2D eigenvalue weighted by molar-refractivity contribution is -0.115. The number of anilines is 2. The van der Waals surface area contributed by atoms with E-state index < -0.39 is 0 Å². The van der Waals surface area contributed by atoms with Gasteiger partial charge in [0.1, 0.15) is 11.2 Å². The fraction of sp³-hybridized carbons (Fsp3) is 0.167. The molecule has 6 heteroatoms. The van der Waals surface area contributed by atoms with Crippen molar-refractivity contribution in [1.82, 2.24) is 0 Å². The van der Waals surface area contributed by atoms with Crippen LogP contribution in [0.25, 0.3) is 0 Å². The van der Waals surface area contributed by atoms with Crippen molar-refractivity contribution in [2.75, 3.05) is 16.0 Å². The molecule has 0 radical (unpaired) electrons. The van der Waals surface area contributed by atoms with Crippen LogP contribution in [0.3, 0.4) is 0 Å². The third-order valence-corrected chi connectivity index (χ3v) is 6.28. The first-order chi connectivity index (χ1) is 14.4. The van der Waals surface area contributed by atoms with Crippen molar-refractivity contribution in [2.24, 2.45) is 0 Å². The van der Waals surface area contributed by atoms with Gasteiger partial charge in [0.2, 0.25) is 5.91 Å². The minimum atomic E-state index is -0.329. The van der Waals surface area contributed by atoms with Gasteiger partial charge in [0.25, 0.3) is 5.91 Å². The molecule has 1 saturated heterocycles. The van der Waals surface area contributed by atoms with E-state index in [0.29, 0.717) is 28.3 Å². The summed E-state index contributed by atoms with van der Waals surface area (Å²) in [5, 5.41) is 2.65. The van der Waals surface area contributed by atoms with Crippen molar-refractivity contribution in [3.05, 3.63) is 94.8 Å². The minimum absolute atomic E-state index is 0.0509. The Balaban J connectivity index is 1.52. The quantitative estimate of drug-likeness (QED) is 0.609. The predicted octanol–water partition coefficient (Wildman–Crippen LogP) is 5.47. The number of carbonyl (C=O) groups is 2. The van der Waals surface area contributed by atoms with Gasteiger partial charge in [0.05, 0.1) is 5.75 Å². The van der Waals surface area contributed by atoms with Crippen LogP contribution in [0.1, 0.15) is 32.4 Å². The maximum atomic E-state index is 14.0. The molecule has 0 bridgehead atoms. The third-order valence-electron chi connectivity index (χ3n) is 5.07. The monoisotopic (exact) mass is 420 g/mol. The Morgan fingerprint density at radius 1 is 1.03 bits per heavy atom. The lowest BCUT2D eigenvalue weighted by atomic mass is 10.1. The molecule has 1 N–H and O–H groups in total. The zero-order valence-corrected chi connectivity index (χ0v) is 17.5. The molecule has 152 valence electrons. The predicted molar refractivity (Wildman–Crippen MR) is 119 cm³/mol. The number of hydrogen-bond donors (Lipinski definition) is 1. The molecule has 2 amide bonds. The SMILES string of the molecule is Cc1ccc(C(=O)Nc2ccc(C3SCC(=O)N3c3ccc(C)c(F)c3)cc2)cc1. The summed E-state index contributed by atoms with van der Waals surface area (Å²) < 4.78 is 14.0. The Morgan fingerprint density at radius 3 is 2.40 bits per heavy atom. The summed E-state index contributed by atoms with van der Waals surface area (Å²) in [7, 11) is 0. The van der Waals surface area contributed by atoms with Crippen LogP contribution in [0.2, 0.25) is 0 Å². The molecule has 1 heterocycles. The number of halogens is 1. The van der Waals surface area contributed by atoms with Gasteiger partial charge in [-0.2, -0.15) is 0 Å². The second-order valence-corrected chi connectivity index (χ2v) is 8.37. The van der Waals surface area contributed by atoms with E-state index in [1.54, 1.807) is 36.1 Å². The summed E-state index contributed by atoms with van der Waals surface area (Å²) >= 11 is 1.50. The van der Waals surface area contributed by atoms with E-state index >= 15 is 0 Å². The number of carbonyl (C=O) groups excluding carboxylic acids is 2. The average molecular weight is 421 g/mol. The van der Waals surface area contributed by atoms with Gasteiger partial charge in [0, 0.05) is 16.9 Å². The van der Waals surface area contributed by atoms with E-state index in [1.807, 2.05) is 43.3 Å². The van der Waals surface area contributed by atoms with E-state index in [-0.39, 0.29) is 23.0 Å². The van der Waals surface area contributed by atoms with E-state index in [4.69, 9.17) is 0 Å². The largest absolute Gasteiger partial charge is 0.322 e. The molecule has 1 atom stereocenters. The summed E-state index contributed by atoms with van der Waals surface area (Å²) in [6.07, 6.45) is 0. The van der Waals surface area contributed by atoms with Crippen LogP contribution in [0.5, 0.6) is 0 Å². The van der Waals surface area contributed by atoms with Crippen molar-refractivity contribution < 1.29 is 14.0 Å². The Labute approximate surface area is 179 Å². The van der Waals surface area contributed by atoms with Gasteiger partial charge >= 0.3 is 0 Å². The molecule has 3 aromatic carbocycles. The van der Waals surface area contributed by atoms with Gasteiger partial charge < -0.3 is 5.32 Å². The number of aryl methyl sites for hydroxylation is 2. The number of nitrogens with zero attached hydrogens (tertiary/aromatic N) is 1. The molecule has 0 saturated carbocycles. The number of benzene rings is 3. The zero-order valence-electron chi connectivity index (χ0n) is 16.7. The first-order valence-corrected chi connectivity index (χ1v) is 10.6. The molecule has 0 spiro atoms. The molecule has 4 nitrogen and oxygen atoms in total. The van der Waals surface area contributed by atoms with E-state index in [9.17, 15) is 14.0 Å². The molecule has 1 aliphatic heterocycles. The van der Waals surface area contributed by atoms with Crippen molar-refractivity contribution in [1.29, 1.82) is 0 Å². The molecule has 1 fully saturated rings. The van der Waals surface area contributed by atoms with Gasteiger partial charge in [-0.25, -0.2) is 4.39 Å². The molecule has 4 rings (SSSR count). The van der Waals surface area contributed by atoms with Crippen LogP contribution < -0.4 is 10.2 Å². The summed E-state index contributed by atoms with van der Waals surface area (Å²) in [4.78, 5) is 26.5. The zero-order chi connectivity index (χ0) is 21.3. The van der Waals surface area contributed by atoms with Crippen LogP contribution >= 0.6 is 11.8 Å². The lowest BCUT2D eigenvalue weighted by Crippen LogP contribution is -2.28. The van der Waals surface area contributed by atoms with Crippen molar-refractivity contribution in [3.63, 3.8) is 0 Å². The molecule has 1 aliphatic rings. The number of rotatable bonds is 4. The Kier molecular flexibility index (Phi) is 5.59. The number of thioether (sulfide) groups is 1. The lowest BCUT2D eigenvalue weighted by Gasteiger charge is -2.25. The van der Waals surface area contributed by atoms with E-state index in [2.05, 4.69) is 5.32 Å². The normalized spacial score (nSPS) is 16.0. The second-order valence-electron chi connectivity index (χ2n) is 7.30. The molecular formula is C24H21FN2O2S. The van der Waals surface area contributed by atoms with Gasteiger partial charge in [-0.3, -0.25) is 14.5 Å². The average Bonchev–Trinajstić information content (AvgIpc) is 3.12. The Bertz CT molecular complexity index is 1100. The number of hydrogen-bond acceptors (Lipinski definition) is 3. The maximum absolute atomic E-state index is 14.0. The molecule has 3 aromatic rings. The fourth-order valence-corrected chi connectivity index (χ4v) is 4.50. The molecule has 1 unspecified atom stereocenters. The highest BCUT2D eigenvalue weighted by Crippen LogP contribution is 2.42. The molecule has 0 aliphatic carbocycles. The first kappa shape index (κ1) is 20.2. The summed E-state index contributed by atoms with van der Waals surface area (Å²) in [5.74, 6) is -0.216. The highest BCUT2D eigenvalue weighted by Gasteiger charge is 2.34. The Morgan fingerprint density at radius 2 is 1.73 bits per heavy atom. The van der Waals surface area contributed by atoms with Crippen molar-refractivity contribution >= 4 is 35.0 Å². The van der Waals surface area contributed by atoms with Gasteiger partial charge in [0.15, 0.2) is 0 Å². The van der Waals surface area contributed by atoms with Crippen LogP contribution in [-0.2, 0) is 4.79 Å². The van der Waals surface area contributed by atoms with Crippen LogP contribution in [0.4, 0.5) is 15.8 Å². The van der Waals surface area contributed by atoms with E-state index in [0.717, 1.165) is 11.1 Å². The summed E-state index contributed by atoms with van der Waals surface area (Å²) in [5.41, 5.74) is 4.37. The highest BCUT2D eigenvalue weighted by atomic mass is 32.2. The van der Waals surface area contributed by atoms with Crippen LogP contribution in [-0.4, -0.2) is 17.6 Å². The highest BCUT2D eigenvalue weighted by molar-refractivity contribution is 8.00. The van der Waals surface area contributed by atoms with E-state index in [1.165, 1.54) is 17.8 Å². The van der Waals surface area contributed by atoms with Crippen LogP contribution in [0.15, 0.2) is 66.7 Å².